The fraction of sp³-hybridized carbons (Fsp3) is 0.364. The SMILES string of the molecule is COc1cc(C2(C#N)CC2)cc(F)c1Br. The second kappa shape index (κ2) is 3.49. The van der Waals surface area contributed by atoms with Gasteiger partial charge in [-0.3, -0.25) is 0 Å². The van der Waals surface area contributed by atoms with Crippen molar-refractivity contribution in [3.63, 3.8) is 0 Å². The van der Waals surface area contributed by atoms with Crippen LogP contribution in [0.1, 0.15) is 18.4 Å². The number of hydrogen-bond donors (Lipinski definition) is 0. The summed E-state index contributed by atoms with van der Waals surface area (Å²) < 4.78 is 18.8. The molecular weight excluding hydrogens is 261 g/mol. The third-order valence-corrected chi connectivity index (χ3v) is 3.50. The van der Waals surface area contributed by atoms with Crippen molar-refractivity contribution >= 4 is 15.9 Å². The van der Waals surface area contributed by atoms with Crippen LogP contribution >= 0.6 is 15.9 Å². The van der Waals surface area contributed by atoms with Gasteiger partial charge in [-0.1, -0.05) is 0 Å². The van der Waals surface area contributed by atoms with Crippen LogP contribution < -0.4 is 4.74 Å². The maximum absolute atomic E-state index is 13.5. The largest absolute Gasteiger partial charge is 0.495 e. The van der Waals surface area contributed by atoms with Crippen LogP contribution in [0.25, 0.3) is 0 Å². The first-order valence-electron chi connectivity index (χ1n) is 4.58. The van der Waals surface area contributed by atoms with Crippen molar-refractivity contribution < 1.29 is 9.13 Å². The standard InChI is InChI=1S/C11H9BrFNO/c1-15-9-5-7(4-8(13)10(9)12)11(6-14)2-3-11/h4-5H,2-3H2,1H3. The summed E-state index contributed by atoms with van der Waals surface area (Å²) in [5.41, 5.74) is 0.233. The van der Waals surface area contributed by atoms with Gasteiger partial charge in [0.1, 0.15) is 11.6 Å². The predicted octanol–water partition coefficient (Wildman–Crippen LogP) is 3.15. The van der Waals surface area contributed by atoms with Crippen molar-refractivity contribution in [2.45, 2.75) is 18.3 Å². The topological polar surface area (TPSA) is 33.0 Å². The van der Waals surface area contributed by atoms with Gasteiger partial charge in [-0.15, -0.1) is 0 Å². The van der Waals surface area contributed by atoms with Crippen LogP contribution in [0, 0.1) is 17.1 Å². The van der Waals surface area contributed by atoms with Gasteiger partial charge in [0.25, 0.3) is 0 Å². The van der Waals surface area contributed by atoms with Crippen LogP contribution in [0.4, 0.5) is 4.39 Å². The lowest BCUT2D eigenvalue weighted by atomic mass is 9.97. The van der Waals surface area contributed by atoms with Crippen molar-refractivity contribution in [3.8, 4) is 11.8 Å². The van der Waals surface area contributed by atoms with E-state index in [0.717, 1.165) is 12.8 Å². The monoisotopic (exact) mass is 269 g/mol. The minimum Gasteiger partial charge on any atom is -0.495 e. The number of rotatable bonds is 2. The highest BCUT2D eigenvalue weighted by Crippen LogP contribution is 2.49. The Bertz CT molecular complexity index is 449. The number of nitriles is 1. The van der Waals surface area contributed by atoms with Gasteiger partial charge in [-0.05, 0) is 46.5 Å². The molecule has 0 saturated heterocycles. The number of halogens is 2. The zero-order valence-electron chi connectivity index (χ0n) is 8.18. The molecule has 1 aromatic carbocycles. The fourth-order valence-electron chi connectivity index (χ4n) is 1.58. The average molecular weight is 270 g/mol. The van der Waals surface area contributed by atoms with Crippen LogP contribution in [-0.4, -0.2) is 7.11 Å². The van der Waals surface area contributed by atoms with E-state index in [1.54, 1.807) is 6.07 Å². The zero-order chi connectivity index (χ0) is 11.1. The molecule has 0 unspecified atom stereocenters. The summed E-state index contributed by atoms with van der Waals surface area (Å²) in [5, 5.41) is 9.01. The van der Waals surface area contributed by atoms with Crippen LogP contribution in [0.5, 0.6) is 5.75 Å². The van der Waals surface area contributed by atoms with E-state index in [1.807, 2.05) is 0 Å². The molecule has 1 aliphatic carbocycles. The van der Waals surface area contributed by atoms with Gasteiger partial charge in [0, 0.05) is 0 Å². The summed E-state index contributed by atoms with van der Waals surface area (Å²) in [6.45, 7) is 0. The molecule has 0 aliphatic heterocycles. The summed E-state index contributed by atoms with van der Waals surface area (Å²) in [6.07, 6.45) is 1.60. The molecule has 2 rings (SSSR count). The Hall–Kier alpha value is -1.08. The van der Waals surface area contributed by atoms with Gasteiger partial charge in [0.15, 0.2) is 0 Å². The molecule has 0 bridgehead atoms. The maximum atomic E-state index is 13.5. The third kappa shape index (κ3) is 1.61. The third-order valence-electron chi connectivity index (χ3n) is 2.73. The van der Waals surface area contributed by atoms with Crippen LogP contribution in [0.2, 0.25) is 0 Å². The molecule has 0 N–H and O–H groups in total. The highest BCUT2D eigenvalue weighted by atomic mass is 79.9. The number of ether oxygens (including phenoxy) is 1. The van der Waals surface area contributed by atoms with E-state index in [2.05, 4.69) is 22.0 Å². The Balaban J connectivity index is 2.52. The maximum Gasteiger partial charge on any atom is 0.141 e. The van der Waals surface area contributed by atoms with Gasteiger partial charge in [-0.2, -0.15) is 5.26 Å². The van der Waals surface area contributed by atoms with Crippen LogP contribution in [-0.2, 0) is 5.41 Å². The molecular formula is C11H9BrFNO. The molecule has 15 heavy (non-hydrogen) atoms. The highest BCUT2D eigenvalue weighted by molar-refractivity contribution is 9.10. The molecule has 0 spiro atoms. The summed E-state index contributed by atoms with van der Waals surface area (Å²) in [6, 6.07) is 5.36. The van der Waals surface area contributed by atoms with E-state index in [1.165, 1.54) is 13.2 Å². The Morgan fingerprint density at radius 2 is 2.20 bits per heavy atom. The Morgan fingerprint density at radius 1 is 1.53 bits per heavy atom. The molecule has 0 amide bonds. The Labute approximate surface area is 95.8 Å². The van der Waals surface area contributed by atoms with Crippen molar-refractivity contribution in [2.75, 3.05) is 7.11 Å². The first kappa shape index (κ1) is 10.4. The lowest BCUT2D eigenvalue weighted by Gasteiger charge is -2.10. The molecule has 1 saturated carbocycles. The van der Waals surface area contributed by atoms with E-state index >= 15 is 0 Å². The van der Waals surface area contributed by atoms with Gasteiger partial charge >= 0.3 is 0 Å². The molecule has 78 valence electrons. The lowest BCUT2D eigenvalue weighted by molar-refractivity contribution is 0.406. The molecule has 2 nitrogen and oxygen atoms in total. The van der Waals surface area contributed by atoms with E-state index in [9.17, 15) is 4.39 Å². The smallest absolute Gasteiger partial charge is 0.141 e. The minimum absolute atomic E-state index is 0.308. The van der Waals surface area contributed by atoms with E-state index in [-0.39, 0.29) is 5.82 Å². The second-order valence-electron chi connectivity index (χ2n) is 3.67. The molecule has 0 radical (unpaired) electrons. The fourth-order valence-corrected chi connectivity index (χ4v) is 1.97. The van der Waals surface area contributed by atoms with Crippen molar-refractivity contribution in [1.29, 1.82) is 5.26 Å². The highest BCUT2D eigenvalue weighted by Gasteiger charge is 2.45. The molecule has 1 aromatic rings. The molecule has 0 heterocycles. The van der Waals surface area contributed by atoms with E-state index in [4.69, 9.17) is 10.00 Å². The van der Waals surface area contributed by atoms with Gasteiger partial charge < -0.3 is 4.74 Å². The molecule has 0 aromatic heterocycles. The minimum atomic E-state index is -0.477. The second-order valence-corrected chi connectivity index (χ2v) is 4.46. The summed E-state index contributed by atoms with van der Waals surface area (Å²) in [5.74, 6) is 0.0531. The summed E-state index contributed by atoms with van der Waals surface area (Å²) in [7, 11) is 1.48. The molecule has 1 aliphatic rings. The van der Waals surface area contributed by atoms with E-state index in [0.29, 0.717) is 15.8 Å². The number of nitrogens with zero attached hydrogens (tertiary/aromatic N) is 1. The quantitative estimate of drug-likeness (QED) is 0.827. The average Bonchev–Trinajstić information content (AvgIpc) is 3.02. The van der Waals surface area contributed by atoms with E-state index < -0.39 is 5.41 Å². The van der Waals surface area contributed by atoms with Crippen LogP contribution in [0.15, 0.2) is 16.6 Å². The number of methoxy groups -OCH3 is 1. The van der Waals surface area contributed by atoms with Crippen molar-refractivity contribution in [2.24, 2.45) is 0 Å². The Morgan fingerprint density at radius 3 is 2.67 bits per heavy atom. The lowest BCUT2D eigenvalue weighted by Crippen LogP contribution is -2.04. The van der Waals surface area contributed by atoms with Gasteiger partial charge in [0.2, 0.25) is 0 Å². The normalized spacial score (nSPS) is 16.9. The number of benzene rings is 1. The number of hydrogen-bond acceptors (Lipinski definition) is 2. The predicted molar refractivity (Wildman–Crippen MR) is 57.2 cm³/mol. The molecule has 1 fully saturated rings. The molecule has 0 atom stereocenters. The first-order chi connectivity index (χ1) is 7.13. The van der Waals surface area contributed by atoms with Crippen LogP contribution in [0.3, 0.4) is 0 Å². The zero-order valence-corrected chi connectivity index (χ0v) is 9.77. The summed E-state index contributed by atoms with van der Waals surface area (Å²) >= 11 is 3.10. The van der Waals surface area contributed by atoms with Gasteiger partial charge in [0.05, 0.1) is 23.1 Å². The van der Waals surface area contributed by atoms with Gasteiger partial charge in [-0.25, -0.2) is 4.39 Å². The van der Waals surface area contributed by atoms with Crippen molar-refractivity contribution in [3.05, 3.63) is 28.0 Å². The summed E-state index contributed by atoms with van der Waals surface area (Å²) in [4.78, 5) is 0. The molecule has 4 heteroatoms. The first-order valence-corrected chi connectivity index (χ1v) is 5.37. The van der Waals surface area contributed by atoms with Crippen molar-refractivity contribution in [1.82, 2.24) is 0 Å². The Kier molecular flexibility index (Phi) is 2.43.